The summed E-state index contributed by atoms with van der Waals surface area (Å²) < 4.78 is 32.6. The van der Waals surface area contributed by atoms with Crippen LogP contribution in [0.1, 0.15) is 10.5 Å². The Kier molecular flexibility index (Phi) is 6.86. The summed E-state index contributed by atoms with van der Waals surface area (Å²) in [5, 5.41) is 7.81. The first-order valence-electron chi connectivity index (χ1n) is 10.2. The Labute approximate surface area is 198 Å². The maximum absolute atomic E-state index is 13.9. The van der Waals surface area contributed by atoms with E-state index in [4.69, 9.17) is 4.74 Å². The van der Waals surface area contributed by atoms with Crippen molar-refractivity contribution in [2.45, 2.75) is 0 Å². The number of anilines is 2. The first-order chi connectivity index (χ1) is 16.9. The number of urea groups is 1. The number of halogens is 2. The van der Waals surface area contributed by atoms with Crippen molar-refractivity contribution < 1.29 is 23.1 Å². The van der Waals surface area contributed by atoms with Crippen LogP contribution in [-0.4, -0.2) is 33.9 Å². The van der Waals surface area contributed by atoms with Gasteiger partial charge in [0.1, 0.15) is 17.2 Å². The standard InChI is InChI=1S/C24H18F2N6O3/c1-27-22(33)20-12-18(9-10-28-20)35-17-7-5-15(6-8-17)30-24(34)31-16-4-2-3-14(11-16)19-13-29-23(26)32-21(19)25/h2-13H,1H3,(H,27,33)(H2,30,31,34). The van der Waals surface area contributed by atoms with Crippen LogP contribution in [0.5, 0.6) is 11.5 Å². The van der Waals surface area contributed by atoms with Crippen molar-refractivity contribution in [3.63, 3.8) is 0 Å². The highest BCUT2D eigenvalue weighted by molar-refractivity contribution is 6.00. The molecule has 2 aromatic carbocycles. The van der Waals surface area contributed by atoms with E-state index < -0.39 is 18.1 Å². The fraction of sp³-hybridized carbons (Fsp3) is 0.0417. The Balaban J connectivity index is 1.38. The molecule has 0 aliphatic rings. The van der Waals surface area contributed by atoms with Gasteiger partial charge in [0.2, 0.25) is 5.95 Å². The van der Waals surface area contributed by atoms with E-state index in [1.807, 2.05) is 0 Å². The molecule has 0 aliphatic carbocycles. The highest BCUT2D eigenvalue weighted by Crippen LogP contribution is 2.25. The van der Waals surface area contributed by atoms with E-state index in [0.717, 1.165) is 6.20 Å². The molecule has 0 radical (unpaired) electrons. The molecule has 0 saturated heterocycles. The van der Waals surface area contributed by atoms with Gasteiger partial charge in [0.15, 0.2) is 0 Å². The number of ether oxygens (including phenoxy) is 1. The summed E-state index contributed by atoms with van der Waals surface area (Å²) in [6.07, 6.45) is 1.34. The van der Waals surface area contributed by atoms with Gasteiger partial charge in [-0.1, -0.05) is 12.1 Å². The van der Waals surface area contributed by atoms with Crippen LogP contribution in [-0.2, 0) is 0 Å². The van der Waals surface area contributed by atoms with Gasteiger partial charge in [-0.05, 0) is 48.0 Å². The van der Waals surface area contributed by atoms with Crippen molar-refractivity contribution >= 4 is 23.3 Å². The quantitative estimate of drug-likeness (QED) is 0.276. The fourth-order valence-electron chi connectivity index (χ4n) is 3.06. The molecule has 35 heavy (non-hydrogen) atoms. The SMILES string of the molecule is CNC(=O)c1cc(Oc2ccc(NC(=O)Nc3cccc(-c4cnc(F)nc4F)c3)cc2)ccn1. The third kappa shape index (κ3) is 5.90. The molecule has 0 fully saturated rings. The molecule has 0 aliphatic heterocycles. The van der Waals surface area contributed by atoms with E-state index in [1.165, 1.54) is 25.4 Å². The molecule has 0 unspecified atom stereocenters. The second-order valence-corrected chi connectivity index (χ2v) is 7.09. The number of rotatable bonds is 6. The van der Waals surface area contributed by atoms with E-state index in [-0.39, 0.29) is 17.2 Å². The molecular weight excluding hydrogens is 458 g/mol. The van der Waals surface area contributed by atoms with Crippen LogP contribution in [0, 0.1) is 12.0 Å². The van der Waals surface area contributed by atoms with Gasteiger partial charge in [0.25, 0.3) is 5.91 Å². The molecule has 11 heteroatoms. The van der Waals surface area contributed by atoms with Gasteiger partial charge in [0, 0.05) is 36.9 Å². The Morgan fingerprint density at radius 2 is 1.66 bits per heavy atom. The Hall–Kier alpha value is -4.93. The van der Waals surface area contributed by atoms with Gasteiger partial charge in [0.05, 0.1) is 5.56 Å². The van der Waals surface area contributed by atoms with Gasteiger partial charge >= 0.3 is 12.1 Å². The average Bonchev–Trinajstić information content (AvgIpc) is 2.85. The number of benzene rings is 2. The molecule has 0 atom stereocenters. The van der Waals surface area contributed by atoms with Crippen molar-refractivity contribution in [3.8, 4) is 22.6 Å². The number of nitrogens with one attached hydrogen (secondary N) is 3. The summed E-state index contributed by atoms with van der Waals surface area (Å²) in [4.78, 5) is 34.5. The first-order valence-corrected chi connectivity index (χ1v) is 10.2. The molecule has 2 aromatic heterocycles. The second kappa shape index (κ2) is 10.3. The molecular formula is C24H18F2N6O3. The van der Waals surface area contributed by atoms with Crippen LogP contribution in [0.2, 0.25) is 0 Å². The minimum absolute atomic E-state index is 0.00249. The lowest BCUT2D eigenvalue weighted by Gasteiger charge is -2.11. The molecule has 2 heterocycles. The van der Waals surface area contributed by atoms with E-state index in [9.17, 15) is 18.4 Å². The smallest absolute Gasteiger partial charge is 0.323 e. The van der Waals surface area contributed by atoms with E-state index in [1.54, 1.807) is 48.5 Å². The highest BCUT2D eigenvalue weighted by Gasteiger charge is 2.11. The molecule has 9 nitrogen and oxygen atoms in total. The van der Waals surface area contributed by atoms with Crippen LogP contribution in [0.25, 0.3) is 11.1 Å². The van der Waals surface area contributed by atoms with Crippen molar-refractivity contribution in [2.24, 2.45) is 0 Å². The normalized spacial score (nSPS) is 10.4. The van der Waals surface area contributed by atoms with Crippen LogP contribution < -0.4 is 20.7 Å². The summed E-state index contributed by atoms with van der Waals surface area (Å²) in [7, 11) is 1.51. The summed E-state index contributed by atoms with van der Waals surface area (Å²) >= 11 is 0. The highest BCUT2D eigenvalue weighted by atomic mass is 19.1. The number of hydrogen-bond donors (Lipinski definition) is 3. The molecule has 4 rings (SSSR count). The van der Waals surface area contributed by atoms with Gasteiger partial charge in [-0.15, -0.1) is 0 Å². The predicted octanol–water partition coefficient (Wildman–Crippen LogP) is 4.61. The number of pyridine rings is 1. The molecule has 0 bridgehead atoms. The van der Waals surface area contributed by atoms with Crippen molar-refractivity contribution in [3.05, 3.63) is 90.8 Å². The average molecular weight is 476 g/mol. The Bertz CT molecular complexity index is 1380. The van der Waals surface area contributed by atoms with E-state index in [0.29, 0.717) is 28.4 Å². The fourth-order valence-corrected chi connectivity index (χ4v) is 3.06. The zero-order valence-electron chi connectivity index (χ0n) is 18.3. The van der Waals surface area contributed by atoms with Crippen LogP contribution >= 0.6 is 0 Å². The number of carbonyl (C=O) groups excluding carboxylic acids is 2. The molecule has 3 amide bonds. The summed E-state index contributed by atoms with van der Waals surface area (Å²) in [5.41, 5.74) is 1.47. The van der Waals surface area contributed by atoms with Crippen molar-refractivity contribution in [1.29, 1.82) is 0 Å². The zero-order valence-corrected chi connectivity index (χ0v) is 18.3. The van der Waals surface area contributed by atoms with Gasteiger partial charge in [-0.2, -0.15) is 13.8 Å². The van der Waals surface area contributed by atoms with Crippen LogP contribution in [0.15, 0.2) is 73.1 Å². The van der Waals surface area contributed by atoms with Gasteiger partial charge in [-0.25, -0.2) is 9.78 Å². The molecule has 3 N–H and O–H groups in total. The summed E-state index contributed by atoms with van der Waals surface area (Å²) in [6, 6.07) is 15.5. The lowest BCUT2D eigenvalue weighted by atomic mass is 10.1. The largest absolute Gasteiger partial charge is 0.457 e. The molecule has 4 aromatic rings. The molecule has 176 valence electrons. The number of hydrogen-bond acceptors (Lipinski definition) is 6. The number of aromatic nitrogens is 3. The third-order valence-corrected chi connectivity index (χ3v) is 4.68. The molecule has 0 saturated carbocycles. The monoisotopic (exact) mass is 476 g/mol. The van der Waals surface area contributed by atoms with Gasteiger partial charge < -0.3 is 20.7 Å². The van der Waals surface area contributed by atoms with Gasteiger partial charge in [-0.3, -0.25) is 9.78 Å². The van der Waals surface area contributed by atoms with E-state index in [2.05, 4.69) is 30.9 Å². The minimum Gasteiger partial charge on any atom is -0.457 e. The lowest BCUT2D eigenvalue weighted by Crippen LogP contribution is -2.19. The topological polar surface area (TPSA) is 118 Å². The summed E-state index contributed by atoms with van der Waals surface area (Å²) in [6.45, 7) is 0. The first kappa shape index (κ1) is 23.2. The second-order valence-electron chi connectivity index (χ2n) is 7.09. The lowest BCUT2D eigenvalue weighted by molar-refractivity contribution is 0.0957. The molecule has 0 spiro atoms. The summed E-state index contributed by atoms with van der Waals surface area (Å²) in [5.74, 6) is -0.415. The Morgan fingerprint density at radius 3 is 2.40 bits per heavy atom. The van der Waals surface area contributed by atoms with Crippen molar-refractivity contribution in [2.75, 3.05) is 17.7 Å². The maximum atomic E-state index is 13.9. The van der Waals surface area contributed by atoms with Crippen LogP contribution in [0.4, 0.5) is 25.0 Å². The Morgan fingerprint density at radius 1 is 0.886 bits per heavy atom. The number of nitrogens with zero attached hydrogens (tertiary/aromatic N) is 3. The number of carbonyl (C=O) groups is 2. The number of amides is 3. The van der Waals surface area contributed by atoms with E-state index >= 15 is 0 Å². The minimum atomic E-state index is -1.16. The van der Waals surface area contributed by atoms with Crippen LogP contribution in [0.3, 0.4) is 0 Å². The zero-order chi connectivity index (χ0) is 24.8. The maximum Gasteiger partial charge on any atom is 0.323 e. The van der Waals surface area contributed by atoms with Crippen molar-refractivity contribution in [1.82, 2.24) is 20.3 Å². The predicted molar refractivity (Wildman–Crippen MR) is 124 cm³/mol. The third-order valence-electron chi connectivity index (χ3n) is 4.68.